The van der Waals surface area contributed by atoms with E-state index in [1.54, 1.807) is 0 Å². The molecule has 0 saturated carbocycles. The molecule has 0 aromatic heterocycles. The van der Waals surface area contributed by atoms with E-state index in [2.05, 4.69) is 0 Å². The first-order valence-electron chi connectivity index (χ1n) is 0.612. The molecule has 0 atom stereocenters. The van der Waals surface area contributed by atoms with Gasteiger partial charge in [-0.3, -0.25) is 0 Å². The maximum absolute atomic E-state index is 8.33. The largest absolute Gasteiger partial charge is 0.652 e. The van der Waals surface area contributed by atoms with Crippen molar-refractivity contribution in [2.24, 2.45) is 0 Å². The van der Waals surface area contributed by atoms with E-state index >= 15 is 0 Å². The van der Waals surface area contributed by atoms with Crippen LogP contribution in [0.3, 0.4) is 0 Å². The van der Waals surface area contributed by atoms with Crippen LogP contribution < -0.4 is 10.2 Å². The SMILES string of the molecule is Cl.O=C([O-])[O-].[Ag]. The summed E-state index contributed by atoms with van der Waals surface area (Å²) in [6.45, 7) is 0. The molecular formula is CHAgClO3-2. The zero-order valence-electron chi connectivity index (χ0n) is 2.43. The Kier molecular flexibility index (Phi) is 24.4. The van der Waals surface area contributed by atoms with Crippen molar-refractivity contribution in [2.45, 2.75) is 0 Å². The molecule has 5 heteroatoms. The van der Waals surface area contributed by atoms with Crippen molar-refractivity contribution >= 4 is 18.6 Å². The maximum Gasteiger partial charge on any atom is 0 e. The molecule has 0 bridgehead atoms. The molecule has 0 saturated heterocycles. The number of hydrogen-bond acceptors (Lipinski definition) is 3. The van der Waals surface area contributed by atoms with Gasteiger partial charge in [-0.05, 0) is 6.16 Å². The van der Waals surface area contributed by atoms with Crippen molar-refractivity contribution in [2.75, 3.05) is 0 Å². The van der Waals surface area contributed by atoms with E-state index in [1.165, 1.54) is 0 Å². The van der Waals surface area contributed by atoms with Crippen LogP contribution in [0.5, 0.6) is 0 Å². The van der Waals surface area contributed by atoms with Crippen LogP contribution in [0.25, 0.3) is 0 Å². The van der Waals surface area contributed by atoms with Gasteiger partial charge in [0, 0.05) is 22.4 Å². The van der Waals surface area contributed by atoms with Crippen molar-refractivity contribution < 1.29 is 37.4 Å². The first-order chi connectivity index (χ1) is 1.73. The zero-order chi connectivity index (χ0) is 3.58. The molecule has 0 N–H and O–H groups in total. The number of carbonyl (C=O) groups excluding carboxylic acids is 1. The summed E-state index contributed by atoms with van der Waals surface area (Å²) in [5.41, 5.74) is 0. The van der Waals surface area contributed by atoms with Crippen LogP contribution in [-0.4, -0.2) is 6.16 Å². The van der Waals surface area contributed by atoms with Gasteiger partial charge in [-0.25, -0.2) is 0 Å². The fourth-order valence-corrected chi connectivity index (χ4v) is 0. The van der Waals surface area contributed by atoms with Crippen LogP contribution in [0.1, 0.15) is 0 Å². The Morgan fingerprint density at radius 1 is 1.33 bits per heavy atom. The van der Waals surface area contributed by atoms with Crippen molar-refractivity contribution in [3.05, 3.63) is 0 Å². The second-order valence-corrected chi connectivity index (χ2v) is 0.250. The summed E-state index contributed by atoms with van der Waals surface area (Å²) in [5.74, 6) is 0. The van der Waals surface area contributed by atoms with Crippen LogP contribution in [0.4, 0.5) is 4.79 Å². The monoisotopic (exact) mass is 203 g/mol. The maximum atomic E-state index is 8.33. The minimum absolute atomic E-state index is 0. The van der Waals surface area contributed by atoms with Gasteiger partial charge in [0.25, 0.3) is 0 Å². The Balaban J connectivity index is -0.0000000450. The van der Waals surface area contributed by atoms with Gasteiger partial charge < -0.3 is 15.0 Å². The van der Waals surface area contributed by atoms with E-state index in [0.29, 0.717) is 0 Å². The second kappa shape index (κ2) is 9.00. The molecule has 1 radical (unpaired) electrons. The van der Waals surface area contributed by atoms with E-state index in [1.807, 2.05) is 0 Å². The van der Waals surface area contributed by atoms with Crippen molar-refractivity contribution in [1.29, 1.82) is 0 Å². The molecule has 0 aromatic rings. The van der Waals surface area contributed by atoms with E-state index in [4.69, 9.17) is 15.0 Å². The molecule has 0 fully saturated rings. The van der Waals surface area contributed by atoms with Gasteiger partial charge in [-0.2, -0.15) is 0 Å². The van der Waals surface area contributed by atoms with Crippen molar-refractivity contribution in [1.82, 2.24) is 0 Å². The third kappa shape index (κ3) is 520. The number of hydrogen-bond donors (Lipinski definition) is 0. The molecule has 0 aliphatic heterocycles. The molecular weight excluding hydrogens is 203 g/mol. The van der Waals surface area contributed by atoms with Crippen molar-refractivity contribution in [3.8, 4) is 0 Å². The Labute approximate surface area is 56.3 Å². The number of carbonyl (C=O) groups is 1. The summed E-state index contributed by atoms with van der Waals surface area (Å²) >= 11 is 0. The fraction of sp³-hybridized carbons (Fsp3) is 0. The standard InChI is InChI=1S/CH2O3.Ag.ClH/c2-1(3)4;;/h(H2,2,3,4);;1H/p-2. The van der Waals surface area contributed by atoms with Crippen LogP contribution in [0.2, 0.25) is 0 Å². The summed E-state index contributed by atoms with van der Waals surface area (Å²) in [7, 11) is 0. The smallest absolute Gasteiger partial charge is 0 e. The van der Waals surface area contributed by atoms with E-state index in [9.17, 15) is 0 Å². The predicted molar refractivity (Wildman–Crippen MR) is 12.6 cm³/mol. The summed E-state index contributed by atoms with van der Waals surface area (Å²) in [6, 6.07) is 0. The average Bonchev–Trinajstić information content (AvgIpc) is 0.811. The zero-order valence-corrected chi connectivity index (χ0v) is 4.73. The second-order valence-electron chi connectivity index (χ2n) is 0.250. The van der Waals surface area contributed by atoms with Crippen LogP contribution in [0, 0.1) is 0 Å². The Hall–Kier alpha value is 0.300. The molecule has 6 heavy (non-hydrogen) atoms. The molecule has 0 spiro atoms. The number of halogens is 1. The van der Waals surface area contributed by atoms with Crippen molar-refractivity contribution in [3.63, 3.8) is 0 Å². The van der Waals surface area contributed by atoms with E-state index in [-0.39, 0.29) is 34.8 Å². The third-order valence-electron chi connectivity index (χ3n) is 0. The minimum atomic E-state index is -2.33. The first kappa shape index (κ1) is 16.3. The van der Waals surface area contributed by atoms with Crippen LogP contribution >= 0.6 is 12.4 Å². The van der Waals surface area contributed by atoms with Gasteiger partial charge in [0.05, 0.1) is 0 Å². The summed E-state index contributed by atoms with van der Waals surface area (Å²) in [5, 5.41) is 16.7. The Morgan fingerprint density at radius 3 is 1.33 bits per heavy atom. The van der Waals surface area contributed by atoms with Crippen LogP contribution in [-0.2, 0) is 22.4 Å². The van der Waals surface area contributed by atoms with Gasteiger partial charge in [0.2, 0.25) is 0 Å². The third-order valence-corrected chi connectivity index (χ3v) is 0. The van der Waals surface area contributed by atoms with Gasteiger partial charge in [0.1, 0.15) is 0 Å². The van der Waals surface area contributed by atoms with Gasteiger partial charge in [-0.15, -0.1) is 12.4 Å². The normalized spacial score (nSPS) is 4.00. The molecule has 0 aromatic carbocycles. The molecule has 0 amide bonds. The predicted octanol–water partition coefficient (Wildman–Crippen LogP) is -2.03. The minimum Gasteiger partial charge on any atom is -0.652 e. The summed E-state index contributed by atoms with van der Waals surface area (Å²) in [4.78, 5) is 8.33. The molecule has 0 heterocycles. The van der Waals surface area contributed by atoms with Crippen LogP contribution in [0.15, 0.2) is 0 Å². The van der Waals surface area contributed by atoms with E-state index in [0.717, 1.165) is 0 Å². The Morgan fingerprint density at radius 2 is 1.33 bits per heavy atom. The first-order valence-corrected chi connectivity index (χ1v) is 0.612. The molecule has 0 unspecified atom stereocenters. The van der Waals surface area contributed by atoms with Gasteiger partial charge >= 0.3 is 0 Å². The summed E-state index contributed by atoms with van der Waals surface area (Å²) < 4.78 is 0. The van der Waals surface area contributed by atoms with E-state index < -0.39 is 6.16 Å². The topological polar surface area (TPSA) is 63.2 Å². The quantitative estimate of drug-likeness (QED) is 0.428. The molecule has 0 aliphatic carbocycles. The summed E-state index contributed by atoms with van der Waals surface area (Å²) in [6.07, 6.45) is -2.33. The molecule has 3 nitrogen and oxygen atoms in total. The number of carboxylic acid groups (broad SMARTS) is 2. The van der Waals surface area contributed by atoms with Gasteiger partial charge in [-0.1, -0.05) is 0 Å². The van der Waals surface area contributed by atoms with Gasteiger partial charge in [0.15, 0.2) is 0 Å². The molecule has 43 valence electrons. The average molecular weight is 204 g/mol. The Bertz CT molecular complexity index is 33.8. The molecule has 0 aliphatic rings. The molecule has 0 rings (SSSR count). The number of rotatable bonds is 0. The fourth-order valence-electron chi connectivity index (χ4n) is 0.